The van der Waals surface area contributed by atoms with Crippen molar-refractivity contribution in [3.05, 3.63) is 153 Å². The molecule has 6 aliphatic rings. The van der Waals surface area contributed by atoms with Gasteiger partial charge in [-0.15, -0.1) is 0 Å². The molecule has 2 saturated carbocycles. The highest BCUT2D eigenvalue weighted by molar-refractivity contribution is 6.13. The van der Waals surface area contributed by atoms with Crippen LogP contribution in [0.5, 0.6) is 0 Å². The molecule has 1 aromatic heterocycles. The number of nitrogens with zero attached hydrogens (tertiary/aromatic N) is 5. The molecule has 0 spiro atoms. The average molecular weight is 1050 g/mol. The lowest BCUT2D eigenvalue weighted by Crippen LogP contribution is -2.58. The van der Waals surface area contributed by atoms with E-state index in [1.54, 1.807) is 15.7 Å². The zero-order chi connectivity index (χ0) is 53.5. The average Bonchev–Trinajstić information content (AvgIpc) is 4.20. The summed E-state index contributed by atoms with van der Waals surface area (Å²) in [6.45, 7) is 7.17. The monoisotopic (exact) mass is 1040 g/mol. The Bertz CT molecular complexity index is 2950. The number of fused-ring (bicyclic) bond motifs is 1. The molecule has 3 saturated heterocycles. The van der Waals surface area contributed by atoms with E-state index in [9.17, 15) is 24.0 Å². The highest BCUT2D eigenvalue weighted by Gasteiger charge is 2.45. The van der Waals surface area contributed by atoms with Crippen LogP contribution in [0.25, 0.3) is 10.9 Å². The van der Waals surface area contributed by atoms with E-state index < -0.39 is 16.9 Å². The van der Waals surface area contributed by atoms with Gasteiger partial charge in [-0.3, -0.25) is 34.1 Å². The Kier molecular flexibility index (Phi) is 16.6. The van der Waals surface area contributed by atoms with Gasteiger partial charge in [0.2, 0.25) is 5.91 Å². The first kappa shape index (κ1) is 53.6. The first-order valence-corrected chi connectivity index (χ1v) is 28.2. The van der Waals surface area contributed by atoms with E-state index in [1.807, 2.05) is 115 Å². The van der Waals surface area contributed by atoms with Crippen LogP contribution < -0.4 is 16.2 Å². The number of rotatable bonds is 15. The first-order chi connectivity index (χ1) is 37.4. The van der Waals surface area contributed by atoms with Gasteiger partial charge in [-0.2, -0.15) is 0 Å². The summed E-state index contributed by atoms with van der Waals surface area (Å²) in [5.41, 5.74) is 4.03. The van der Waals surface area contributed by atoms with Crippen molar-refractivity contribution in [2.75, 3.05) is 66.1 Å². The quantitative estimate of drug-likeness (QED) is 0.0599. The number of allylic oxidation sites excluding steroid dienone is 4. The highest BCUT2D eigenvalue weighted by Crippen LogP contribution is 2.43. The predicted molar refractivity (Wildman–Crippen MR) is 298 cm³/mol. The Hall–Kier alpha value is -6.84. The number of hydrogen-bond donors (Lipinski definition) is 3. The summed E-state index contributed by atoms with van der Waals surface area (Å²) in [5.74, 6) is -0.847. The number of aromatic nitrogens is 1. The topological polar surface area (TPSA) is 170 Å². The van der Waals surface area contributed by atoms with Crippen LogP contribution in [0.3, 0.4) is 0 Å². The Morgan fingerprint density at radius 3 is 1.92 bits per heavy atom. The van der Waals surface area contributed by atoms with Crippen LogP contribution in [-0.2, 0) is 41.4 Å². The summed E-state index contributed by atoms with van der Waals surface area (Å²) < 4.78 is 13.5. The third-order valence-corrected chi connectivity index (χ3v) is 17.8. The van der Waals surface area contributed by atoms with Crippen LogP contribution in [0.4, 0.5) is 4.79 Å². The van der Waals surface area contributed by atoms with Crippen molar-refractivity contribution in [1.82, 2.24) is 34.8 Å². The van der Waals surface area contributed by atoms with Crippen molar-refractivity contribution in [2.45, 2.75) is 126 Å². The maximum atomic E-state index is 14.8. The molecule has 15 nitrogen and oxygen atoms in total. The molecule has 15 heteroatoms. The first-order valence-electron chi connectivity index (χ1n) is 28.2. The number of amides is 3. The smallest absolute Gasteiger partial charge is 0.318 e. The predicted octanol–water partition coefficient (Wildman–Crippen LogP) is 8.29. The second-order valence-corrected chi connectivity index (χ2v) is 22.4. The lowest BCUT2D eigenvalue weighted by Gasteiger charge is -2.43. The summed E-state index contributed by atoms with van der Waals surface area (Å²) >= 11 is 0. The Morgan fingerprint density at radius 2 is 1.30 bits per heavy atom. The number of esters is 2. The lowest BCUT2D eigenvalue weighted by molar-refractivity contribution is -0.154. The van der Waals surface area contributed by atoms with Gasteiger partial charge in [0.05, 0.1) is 22.1 Å². The molecule has 5 fully saturated rings. The molecule has 0 bridgehead atoms. The summed E-state index contributed by atoms with van der Waals surface area (Å²) in [4.78, 5) is 79.9. The van der Waals surface area contributed by atoms with Crippen LogP contribution in [0.1, 0.15) is 113 Å². The third kappa shape index (κ3) is 11.6. The van der Waals surface area contributed by atoms with Gasteiger partial charge in [0.1, 0.15) is 6.04 Å². The van der Waals surface area contributed by atoms with Gasteiger partial charge in [0, 0.05) is 69.1 Å². The second kappa shape index (κ2) is 23.8. The minimum absolute atomic E-state index is 0.0598. The highest BCUT2D eigenvalue weighted by atomic mass is 16.5. The number of hydrogen-bond acceptors (Lipinski definition) is 11. The fourth-order valence-electron chi connectivity index (χ4n) is 13.2. The fraction of sp³-hybridized carbons (Fsp3) is 0.484. The van der Waals surface area contributed by atoms with E-state index in [2.05, 4.69) is 27.5 Å². The number of ether oxygens (including phenoxy) is 2. The molecule has 3 aliphatic carbocycles. The zero-order valence-corrected chi connectivity index (χ0v) is 45.0. The van der Waals surface area contributed by atoms with Crippen LogP contribution in [0.2, 0.25) is 0 Å². The van der Waals surface area contributed by atoms with Crippen LogP contribution in [0, 0.1) is 5.41 Å². The second-order valence-electron chi connectivity index (χ2n) is 22.4. The maximum absolute atomic E-state index is 14.8. The molecule has 3 amide bonds. The summed E-state index contributed by atoms with van der Waals surface area (Å²) in [7, 11) is 2.16. The number of benzene rings is 3. The van der Waals surface area contributed by atoms with Crippen molar-refractivity contribution in [2.24, 2.45) is 0 Å². The standard InChI is InChI=1S/C62H76N8O7/c1-44-37-45(38-48(55(44)63)41-64-42-76-58(73)61(25-11-12-26-61)49-16-5-3-6-17-49)39-53(57(72)68-35-33-67(34-36-68)51-23-29-66(2)30-24-51)65-60(75)69-31-21-46(22-32-69)52-40-47-15-9-10-20-54(47)70(56(52)71)43-77-59(74)62(27-13-14-28-62)50-18-7-4-8-19-50/h3-10,15-20,37-38,40-41,46,51,53,63-64H,11-14,21-36,39,42-43H2,1-2H3,(H,65,75)/b48-41-,63-55?. The molecule has 1 unspecified atom stereocenters. The maximum Gasteiger partial charge on any atom is 0.318 e. The molecule has 3 aliphatic heterocycles. The summed E-state index contributed by atoms with van der Waals surface area (Å²) in [6, 6.07) is 28.6. The van der Waals surface area contributed by atoms with E-state index in [1.165, 1.54) is 0 Å². The number of piperidine rings is 2. The third-order valence-electron chi connectivity index (χ3n) is 17.8. The van der Waals surface area contributed by atoms with E-state index in [0.717, 1.165) is 99.6 Å². The zero-order valence-electron chi connectivity index (χ0n) is 45.0. The van der Waals surface area contributed by atoms with Crippen molar-refractivity contribution >= 4 is 40.5 Å². The molecule has 1 atom stereocenters. The molecule has 0 radical (unpaired) electrons. The van der Waals surface area contributed by atoms with Gasteiger partial charge >= 0.3 is 18.0 Å². The molecule has 77 heavy (non-hydrogen) atoms. The lowest BCUT2D eigenvalue weighted by atomic mass is 9.79. The van der Waals surface area contributed by atoms with Gasteiger partial charge < -0.3 is 34.8 Å². The Balaban J connectivity index is 0.820. The van der Waals surface area contributed by atoms with Crippen LogP contribution >= 0.6 is 0 Å². The molecule has 4 aromatic rings. The molecule has 3 N–H and O–H groups in total. The van der Waals surface area contributed by atoms with Gasteiger partial charge in [-0.1, -0.05) is 111 Å². The SMILES string of the molecule is CC1=CC(CC(NC(=O)N2CCC(c3cc4ccccc4n(COC(=O)C4(c5ccccc5)CCCC4)c3=O)CC2)C(=O)N2CCN(C3CCN(C)CC3)CC2)=C/C(=C/NCOC(=O)C2(c3ccccc3)CCCC2)C1=N. The Labute approximate surface area is 452 Å². The van der Waals surface area contributed by atoms with Gasteiger partial charge in [-0.25, -0.2) is 4.79 Å². The molecule has 406 valence electrons. The molecule has 4 heterocycles. The largest absolute Gasteiger partial charge is 0.444 e. The van der Waals surface area contributed by atoms with Gasteiger partial charge in [0.25, 0.3) is 5.56 Å². The number of pyridine rings is 1. The number of likely N-dealkylation sites (tertiary alicyclic amines) is 2. The minimum atomic E-state index is -0.880. The van der Waals surface area contributed by atoms with Crippen molar-refractivity contribution in [3.63, 3.8) is 0 Å². The van der Waals surface area contributed by atoms with Crippen molar-refractivity contribution < 1.29 is 28.7 Å². The number of para-hydroxylation sites is 1. The molecule has 10 rings (SSSR count). The van der Waals surface area contributed by atoms with Crippen molar-refractivity contribution in [1.29, 1.82) is 5.41 Å². The summed E-state index contributed by atoms with van der Waals surface area (Å²) in [5, 5.41) is 16.1. The minimum Gasteiger partial charge on any atom is -0.444 e. The van der Waals surface area contributed by atoms with E-state index in [-0.39, 0.29) is 55.2 Å². The van der Waals surface area contributed by atoms with E-state index >= 15 is 0 Å². The molecular weight excluding hydrogens is 969 g/mol. The number of urea groups is 1. The molecule has 3 aromatic carbocycles. The van der Waals surface area contributed by atoms with Crippen LogP contribution in [0.15, 0.2) is 131 Å². The Morgan fingerprint density at radius 1 is 0.714 bits per heavy atom. The van der Waals surface area contributed by atoms with E-state index in [0.29, 0.717) is 85.8 Å². The number of nitrogens with one attached hydrogen (secondary N) is 3. The molecular formula is C62H76N8O7. The van der Waals surface area contributed by atoms with Crippen LogP contribution in [-0.4, -0.2) is 132 Å². The van der Waals surface area contributed by atoms with Crippen molar-refractivity contribution in [3.8, 4) is 0 Å². The van der Waals surface area contributed by atoms with Gasteiger partial charge in [0.15, 0.2) is 13.5 Å². The summed E-state index contributed by atoms with van der Waals surface area (Å²) in [6.07, 6.45) is 15.7. The van der Waals surface area contributed by atoms with Gasteiger partial charge in [-0.05, 0) is 130 Å². The fourth-order valence-corrected chi connectivity index (χ4v) is 13.2. The number of carbonyl (C=O) groups excluding carboxylic acids is 4. The normalized spacial score (nSPS) is 21.4. The van der Waals surface area contributed by atoms with E-state index in [4.69, 9.17) is 14.9 Å². The number of carbonyl (C=O) groups is 4. The number of piperazine rings is 1.